The number of para-hydroxylation sites is 1. The zero-order chi connectivity index (χ0) is 38.1. The Hall–Kier alpha value is -6.07. The van der Waals surface area contributed by atoms with Crippen molar-refractivity contribution in [2.45, 2.75) is 30.6 Å². The Morgan fingerprint density at radius 1 is 0.944 bits per heavy atom. The van der Waals surface area contributed by atoms with Gasteiger partial charge in [0.2, 0.25) is 11.8 Å². The number of phenols is 1. The Morgan fingerprint density at radius 3 is 2.37 bits per heavy atom. The molecule has 2 saturated heterocycles. The molecular weight excluding hydrogens is 713 g/mol. The summed E-state index contributed by atoms with van der Waals surface area (Å²) >= 11 is 6.36. The number of anilines is 2. The summed E-state index contributed by atoms with van der Waals surface area (Å²) in [7, 11) is 0. The first-order valence-electron chi connectivity index (χ1n) is 17.5. The number of carboxylic acids is 1. The Labute approximate surface area is 314 Å². The number of carbonyl (C=O) groups is 5. The van der Waals surface area contributed by atoms with E-state index in [0.717, 1.165) is 9.91 Å². The van der Waals surface area contributed by atoms with Crippen molar-refractivity contribution in [3.05, 3.63) is 148 Å². The fraction of sp³-hybridized carbons (Fsp3) is 0.214. The summed E-state index contributed by atoms with van der Waals surface area (Å²) in [6.45, 7) is 3.82. The Bertz CT molecular complexity index is 2310. The normalized spacial score (nSPS) is 25.9. The number of aromatic hydroxyl groups is 1. The van der Waals surface area contributed by atoms with Crippen LogP contribution >= 0.6 is 11.6 Å². The summed E-state index contributed by atoms with van der Waals surface area (Å²) in [6.07, 6.45) is 3.92. The number of hydrogen-bond acceptors (Lipinski definition) is 7. The lowest BCUT2D eigenvalue weighted by Crippen LogP contribution is -2.53. The van der Waals surface area contributed by atoms with Crippen molar-refractivity contribution in [3.63, 3.8) is 0 Å². The van der Waals surface area contributed by atoms with Crippen LogP contribution in [0.25, 0.3) is 0 Å². The van der Waals surface area contributed by atoms with Gasteiger partial charge in [-0.25, -0.2) is 9.18 Å². The molecule has 12 heteroatoms. The van der Waals surface area contributed by atoms with Gasteiger partial charge in [-0.3, -0.25) is 29.5 Å². The highest BCUT2D eigenvalue weighted by Gasteiger charge is 2.70. The first kappa shape index (κ1) is 35.0. The largest absolute Gasteiger partial charge is 0.507 e. The molecule has 0 aromatic heterocycles. The van der Waals surface area contributed by atoms with Crippen molar-refractivity contribution in [1.29, 1.82) is 0 Å². The molecule has 10 nitrogen and oxygen atoms in total. The number of benzene rings is 4. The molecule has 2 aliphatic heterocycles. The number of rotatable bonds is 8. The zero-order valence-electron chi connectivity index (χ0n) is 28.6. The lowest BCUT2D eigenvalue weighted by Gasteiger charge is -2.50. The second-order valence-electron chi connectivity index (χ2n) is 14.1. The highest BCUT2D eigenvalue weighted by Crippen LogP contribution is 2.65. The highest BCUT2D eigenvalue weighted by molar-refractivity contribution is 6.30. The number of aromatic carboxylic acids is 1. The smallest absolute Gasteiger partial charge is 0.335 e. The fourth-order valence-electron chi connectivity index (χ4n) is 9.20. The summed E-state index contributed by atoms with van der Waals surface area (Å²) in [5.74, 6) is -8.67. The number of amides is 4. The lowest BCUT2D eigenvalue weighted by molar-refractivity contribution is -0.138. The number of nitrogens with zero attached hydrogens (tertiary/aromatic N) is 2. The van der Waals surface area contributed by atoms with Gasteiger partial charge in [-0.2, -0.15) is 5.01 Å². The van der Waals surface area contributed by atoms with Crippen LogP contribution in [0.15, 0.2) is 115 Å². The van der Waals surface area contributed by atoms with Crippen LogP contribution in [0, 0.1) is 29.5 Å². The molecule has 6 unspecified atom stereocenters. The number of carbonyl (C=O) groups excluding carboxylic acids is 4. The van der Waals surface area contributed by atoms with Crippen LogP contribution in [-0.4, -0.2) is 44.8 Å². The fourth-order valence-corrected chi connectivity index (χ4v) is 9.32. The molecule has 1 saturated carbocycles. The van der Waals surface area contributed by atoms with E-state index >= 15 is 4.79 Å². The Balaban J connectivity index is 1.33. The van der Waals surface area contributed by atoms with Crippen LogP contribution in [0.3, 0.4) is 0 Å². The quantitative estimate of drug-likeness (QED) is 0.132. The average Bonchev–Trinajstić information content (AvgIpc) is 3.54. The second-order valence-corrected chi connectivity index (χ2v) is 14.5. The predicted molar refractivity (Wildman–Crippen MR) is 197 cm³/mol. The van der Waals surface area contributed by atoms with Gasteiger partial charge in [0.05, 0.1) is 40.1 Å². The van der Waals surface area contributed by atoms with Crippen molar-refractivity contribution < 1.29 is 38.6 Å². The third-order valence-corrected chi connectivity index (χ3v) is 11.7. The van der Waals surface area contributed by atoms with E-state index in [0.29, 0.717) is 33.7 Å². The van der Waals surface area contributed by atoms with E-state index in [1.54, 1.807) is 48.5 Å². The molecule has 0 radical (unpaired) electrons. The number of allylic oxidation sites excluding steroid dienone is 3. The van der Waals surface area contributed by atoms with Gasteiger partial charge in [0.25, 0.3) is 11.8 Å². The molecule has 0 spiro atoms. The number of fused-ring (bicyclic) bond motifs is 4. The van der Waals surface area contributed by atoms with Crippen molar-refractivity contribution in [2.75, 3.05) is 10.3 Å². The highest BCUT2D eigenvalue weighted by atomic mass is 35.5. The van der Waals surface area contributed by atoms with Crippen LogP contribution in [0.2, 0.25) is 5.02 Å². The number of phenolic OH excluding ortho intramolecular Hbond substituents is 1. The maximum absolute atomic E-state index is 15.3. The minimum Gasteiger partial charge on any atom is -0.507 e. The predicted octanol–water partition coefficient (Wildman–Crippen LogP) is 6.80. The van der Waals surface area contributed by atoms with Crippen LogP contribution in [-0.2, 0) is 31.0 Å². The van der Waals surface area contributed by atoms with Gasteiger partial charge in [0.15, 0.2) is 0 Å². The van der Waals surface area contributed by atoms with Crippen LogP contribution in [0.4, 0.5) is 15.8 Å². The van der Waals surface area contributed by atoms with Crippen LogP contribution in [0.1, 0.15) is 45.8 Å². The molecule has 4 amide bonds. The topological polar surface area (TPSA) is 144 Å². The average molecular weight is 746 g/mol. The van der Waals surface area contributed by atoms with Gasteiger partial charge in [-0.1, -0.05) is 65.7 Å². The van der Waals surface area contributed by atoms with Gasteiger partial charge in [0.1, 0.15) is 11.6 Å². The number of imide groups is 2. The van der Waals surface area contributed by atoms with Gasteiger partial charge >= 0.3 is 5.97 Å². The number of halogens is 2. The van der Waals surface area contributed by atoms with Gasteiger partial charge in [-0.15, -0.1) is 6.58 Å². The van der Waals surface area contributed by atoms with E-state index in [9.17, 15) is 33.8 Å². The summed E-state index contributed by atoms with van der Waals surface area (Å²) < 4.78 is 13.9. The maximum atomic E-state index is 15.3. The molecule has 0 bridgehead atoms. The van der Waals surface area contributed by atoms with E-state index in [1.165, 1.54) is 48.5 Å². The zero-order valence-corrected chi connectivity index (χ0v) is 29.4. The summed E-state index contributed by atoms with van der Waals surface area (Å²) in [6, 6.07) is 22.6. The van der Waals surface area contributed by atoms with Crippen molar-refractivity contribution in [1.82, 2.24) is 5.01 Å². The number of hydrazine groups is 1. The summed E-state index contributed by atoms with van der Waals surface area (Å²) in [5, 5.41) is 22.9. The first-order chi connectivity index (χ1) is 26.0. The number of hydrogen-bond donors (Lipinski definition) is 3. The van der Waals surface area contributed by atoms with E-state index in [2.05, 4.69) is 12.0 Å². The minimum atomic E-state index is -1.67. The van der Waals surface area contributed by atoms with Gasteiger partial charge in [-0.05, 0) is 90.9 Å². The molecule has 4 aromatic carbocycles. The third kappa shape index (κ3) is 5.17. The van der Waals surface area contributed by atoms with Crippen molar-refractivity contribution in [3.8, 4) is 5.75 Å². The molecule has 3 N–H and O–H groups in total. The summed E-state index contributed by atoms with van der Waals surface area (Å²) in [4.78, 5) is 71.6. The van der Waals surface area contributed by atoms with Gasteiger partial charge in [0, 0.05) is 16.5 Å². The van der Waals surface area contributed by atoms with E-state index < -0.39 is 70.4 Å². The lowest BCUT2D eigenvalue weighted by atomic mass is 9.49. The van der Waals surface area contributed by atoms with Crippen molar-refractivity contribution in [2.24, 2.45) is 23.7 Å². The van der Waals surface area contributed by atoms with E-state index in [4.69, 9.17) is 11.6 Å². The van der Waals surface area contributed by atoms with Gasteiger partial charge < -0.3 is 10.2 Å². The minimum absolute atomic E-state index is 0.00651. The number of carboxylic acid groups (broad SMARTS) is 1. The molecule has 4 aromatic rings. The standard InChI is InChI=1S/C42H33ClFN3O7/c1-2-5-22-6-4-9-31(36(22)48)35-29-18-19-30-34(39(51)46(37(30)49)28-8-3-7-23(20-28)40(52)53)32(29)21-33-38(50)47(45-27-16-14-26(44)15-17-27)41(54)42(33,35)24-10-12-25(43)13-11-24/h2-4,6-18,20,30,32-35,45,48H,1,5,19,21H2,(H,52,53). The molecular formula is C42H33ClFN3O7. The van der Waals surface area contributed by atoms with Crippen LogP contribution in [0.5, 0.6) is 5.75 Å². The van der Waals surface area contributed by atoms with Crippen LogP contribution < -0.4 is 10.3 Å². The third-order valence-electron chi connectivity index (χ3n) is 11.4. The molecule has 2 aliphatic carbocycles. The monoisotopic (exact) mass is 745 g/mol. The summed E-state index contributed by atoms with van der Waals surface area (Å²) in [5.41, 5.74) is 3.53. The SMILES string of the molecule is C=CCc1cccc(C2C3=CCC4C(=O)N(c5cccc(C(=O)O)c5)C(=O)C4C3CC3C(=O)N(Nc4ccc(F)cc4)C(=O)C32c2ccc(Cl)cc2)c1O. The molecule has 8 rings (SSSR count). The Kier molecular flexibility index (Phi) is 8.49. The molecule has 272 valence electrons. The first-order valence-corrected chi connectivity index (χ1v) is 17.8. The molecule has 6 atom stereocenters. The molecule has 4 aliphatic rings. The molecule has 54 heavy (non-hydrogen) atoms. The molecule has 3 fully saturated rings. The van der Waals surface area contributed by atoms with E-state index in [1.807, 2.05) is 6.08 Å². The van der Waals surface area contributed by atoms with Crippen molar-refractivity contribution >= 4 is 52.6 Å². The Morgan fingerprint density at radius 2 is 1.67 bits per heavy atom. The number of nitrogens with one attached hydrogen (secondary N) is 1. The maximum Gasteiger partial charge on any atom is 0.335 e. The second kappa shape index (κ2) is 13.1. The molecule has 2 heterocycles. The van der Waals surface area contributed by atoms with E-state index in [-0.39, 0.29) is 35.5 Å².